The van der Waals surface area contributed by atoms with Crippen LogP contribution in [0.25, 0.3) is 10.9 Å². The van der Waals surface area contributed by atoms with E-state index in [9.17, 15) is 18.0 Å². The second kappa shape index (κ2) is 18.2. The number of amides is 1. The van der Waals surface area contributed by atoms with E-state index in [-0.39, 0.29) is 70.5 Å². The molecule has 2 aliphatic rings. The molecule has 3 heterocycles. The second-order valence-electron chi connectivity index (χ2n) is 13.0. The first-order chi connectivity index (χ1) is 24.5. The number of aryl methyl sites for hydroxylation is 2. The van der Waals surface area contributed by atoms with Crippen molar-refractivity contribution in [1.82, 2.24) is 19.9 Å². The first kappa shape index (κ1) is 42.3. The van der Waals surface area contributed by atoms with Gasteiger partial charge < -0.3 is 21.2 Å². The Kier molecular flexibility index (Phi) is 14.5. The minimum Gasteiger partial charge on any atom is -0.487 e. The van der Waals surface area contributed by atoms with Gasteiger partial charge in [-0.1, -0.05) is 59.6 Å². The summed E-state index contributed by atoms with van der Waals surface area (Å²) in [6.07, 6.45) is 3.70. The van der Waals surface area contributed by atoms with E-state index >= 15 is 0 Å². The van der Waals surface area contributed by atoms with Crippen LogP contribution in [-0.4, -0.2) is 67.3 Å². The highest BCUT2D eigenvalue weighted by Gasteiger charge is 2.41. The van der Waals surface area contributed by atoms with Crippen LogP contribution >= 0.6 is 48.0 Å². The van der Waals surface area contributed by atoms with Gasteiger partial charge in [-0.15, -0.1) is 24.8 Å². The van der Waals surface area contributed by atoms with Crippen molar-refractivity contribution in [3.63, 3.8) is 0 Å². The van der Waals surface area contributed by atoms with Gasteiger partial charge in [-0.25, -0.2) is 13.4 Å². The number of nitrogens with one attached hydrogen (secondary N) is 2. The average molecular weight is 825 g/mol. The van der Waals surface area contributed by atoms with Crippen LogP contribution in [0.3, 0.4) is 0 Å². The number of ether oxygens (including phenoxy) is 1. The molecule has 0 aliphatic carbocycles. The standard InChI is InChI=1S/C37H40Cl2N6O5S.2ClH/c1-22-17-23(2)44-35-27(22)5-3-7-32(35)50-21-28-29(38)12-13-33(34(28)39)51(48,49)45-16-4-6-31(45)37(47)42-19-25-14-15-41-30(18-25)36(46)26-10-8-24(9-11-26)20-43-40;;/h3,5,7-13,17,20,25,30-31,41H,4,6,14-16,18-19,21,40H2,1-2H3,(H,42,47);2*1H/t25?,30?,31-;;/m0../s1. The third-order valence-electron chi connectivity index (χ3n) is 9.57. The molecule has 2 saturated heterocycles. The summed E-state index contributed by atoms with van der Waals surface area (Å²) in [6.45, 7) is 4.94. The molecule has 11 nitrogen and oxygen atoms in total. The van der Waals surface area contributed by atoms with Crippen molar-refractivity contribution >= 4 is 86.8 Å². The van der Waals surface area contributed by atoms with Crippen LogP contribution in [0.15, 0.2) is 70.7 Å². The normalized spacial score (nSPS) is 19.1. The number of hydrogen-bond acceptors (Lipinski definition) is 9. The summed E-state index contributed by atoms with van der Waals surface area (Å²) < 4.78 is 35.5. The van der Waals surface area contributed by atoms with Gasteiger partial charge in [-0.3, -0.25) is 9.59 Å². The van der Waals surface area contributed by atoms with Crippen molar-refractivity contribution in [2.45, 2.75) is 63.1 Å². The number of aromatic nitrogens is 1. The molecular weight excluding hydrogens is 782 g/mol. The molecule has 4 N–H and O–H groups in total. The average Bonchev–Trinajstić information content (AvgIpc) is 3.62. The summed E-state index contributed by atoms with van der Waals surface area (Å²) in [7, 11) is -4.19. The Morgan fingerprint density at radius 3 is 2.58 bits per heavy atom. The van der Waals surface area contributed by atoms with Crippen molar-refractivity contribution in [2.75, 3.05) is 19.6 Å². The lowest BCUT2D eigenvalue weighted by atomic mass is 9.88. The molecule has 3 atom stereocenters. The lowest BCUT2D eigenvalue weighted by Crippen LogP contribution is -2.49. The number of Topliss-reactive ketones (excluding diaryl/α,β-unsaturated/α-hetero) is 1. The molecule has 2 fully saturated rings. The van der Waals surface area contributed by atoms with E-state index in [1.807, 2.05) is 32.0 Å². The summed E-state index contributed by atoms with van der Waals surface area (Å²) in [6, 6.07) is 16.2. The summed E-state index contributed by atoms with van der Waals surface area (Å²) in [4.78, 5) is 31.2. The van der Waals surface area contributed by atoms with E-state index in [0.717, 1.165) is 28.6 Å². The number of carbonyl (C=O) groups excluding carboxylic acids is 2. The molecular formula is C37H42Cl4N6O5S. The van der Waals surface area contributed by atoms with Gasteiger partial charge in [0, 0.05) is 40.3 Å². The minimum absolute atomic E-state index is 0. The number of halogens is 4. The first-order valence-electron chi connectivity index (χ1n) is 16.8. The number of hydrazone groups is 1. The number of benzene rings is 3. The van der Waals surface area contributed by atoms with Gasteiger partial charge in [0.2, 0.25) is 15.9 Å². The fraction of sp³-hybridized carbons (Fsp3) is 0.351. The number of rotatable bonds is 11. The van der Waals surface area contributed by atoms with Gasteiger partial charge in [0.25, 0.3) is 0 Å². The molecule has 0 spiro atoms. The maximum Gasteiger partial charge on any atom is 0.245 e. The van der Waals surface area contributed by atoms with Crippen LogP contribution in [0.1, 0.15) is 58.4 Å². The van der Waals surface area contributed by atoms with Crippen LogP contribution in [0.4, 0.5) is 0 Å². The largest absolute Gasteiger partial charge is 0.487 e. The molecule has 4 aromatic rings. The molecule has 16 heteroatoms. The van der Waals surface area contributed by atoms with E-state index in [2.05, 4.69) is 20.7 Å². The molecule has 284 valence electrons. The van der Waals surface area contributed by atoms with Crippen LogP contribution in [0, 0.1) is 19.8 Å². The van der Waals surface area contributed by atoms with Gasteiger partial charge in [-0.2, -0.15) is 9.41 Å². The minimum atomic E-state index is -4.19. The molecule has 0 bridgehead atoms. The molecule has 2 aliphatic heterocycles. The monoisotopic (exact) mass is 822 g/mol. The van der Waals surface area contributed by atoms with Crippen molar-refractivity contribution in [2.24, 2.45) is 16.9 Å². The fourth-order valence-corrected chi connectivity index (χ4v) is 9.43. The van der Waals surface area contributed by atoms with Crippen LogP contribution in [0.5, 0.6) is 5.75 Å². The number of hydrogen-bond donors (Lipinski definition) is 3. The zero-order chi connectivity index (χ0) is 36.3. The molecule has 2 unspecified atom stereocenters. The molecule has 0 saturated carbocycles. The van der Waals surface area contributed by atoms with Gasteiger partial charge in [0.1, 0.15) is 28.8 Å². The highest BCUT2D eigenvalue weighted by Crippen LogP contribution is 2.37. The van der Waals surface area contributed by atoms with Gasteiger partial charge in [0.15, 0.2) is 5.78 Å². The topological polar surface area (TPSA) is 156 Å². The lowest BCUT2D eigenvalue weighted by molar-refractivity contribution is -0.124. The number of ketones is 1. The van der Waals surface area contributed by atoms with Crippen molar-refractivity contribution in [3.8, 4) is 5.75 Å². The molecule has 6 rings (SSSR count). The Balaban J connectivity index is 0.00000314. The smallest absolute Gasteiger partial charge is 0.245 e. The predicted molar refractivity (Wildman–Crippen MR) is 213 cm³/mol. The number of sulfonamides is 1. The zero-order valence-corrected chi connectivity index (χ0v) is 33.1. The van der Waals surface area contributed by atoms with Crippen molar-refractivity contribution in [3.05, 3.63) is 98.7 Å². The summed E-state index contributed by atoms with van der Waals surface area (Å²) in [5.41, 5.74) is 4.27. The van der Waals surface area contributed by atoms with E-state index in [1.54, 1.807) is 30.3 Å². The number of carbonyl (C=O) groups is 2. The number of para-hydroxylation sites is 1. The first-order valence-corrected chi connectivity index (χ1v) is 19.0. The van der Waals surface area contributed by atoms with E-state index < -0.39 is 22.1 Å². The van der Waals surface area contributed by atoms with Crippen LogP contribution in [-0.2, 0) is 21.4 Å². The molecule has 0 radical (unpaired) electrons. The Hall–Kier alpha value is -3.49. The fourth-order valence-electron chi connectivity index (χ4n) is 6.91. The Morgan fingerprint density at radius 1 is 1.09 bits per heavy atom. The van der Waals surface area contributed by atoms with E-state index in [4.69, 9.17) is 33.8 Å². The SMILES string of the molecule is Cc1cc(C)c2cccc(OCc3c(Cl)ccc(S(=O)(=O)N4CCC[C@H]4C(=O)NCC4CCNC(C(=O)c5ccc(C=NN)cc5)C4)c3Cl)c2n1.Cl.Cl. The molecule has 1 amide bonds. The number of pyridine rings is 1. The maximum atomic E-state index is 14.1. The third-order valence-corrected chi connectivity index (χ3v) is 12.4. The molecule has 53 heavy (non-hydrogen) atoms. The highest BCUT2D eigenvalue weighted by atomic mass is 35.5. The van der Waals surface area contributed by atoms with Gasteiger partial charge in [-0.05, 0) is 87.4 Å². The van der Waals surface area contributed by atoms with Crippen molar-refractivity contribution < 1.29 is 22.7 Å². The number of nitrogens with two attached hydrogens (primary N) is 1. The quantitative estimate of drug-likeness (QED) is 0.0680. The Bertz CT molecular complexity index is 2100. The van der Waals surface area contributed by atoms with Gasteiger partial charge >= 0.3 is 0 Å². The lowest BCUT2D eigenvalue weighted by Gasteiger charge is -2.30. The summed E-state index contributed by atoms with van der Waals surface area (Å²) >= 11 is 13.3. The van der Waals surface area contributed by atoms with E-state index in [1.165, 1.54) is 22.7 Å². The molecule has 3 aromatic carbocycles. The second-order valence-corrected chi connectivity index (χ2v) is 15.7. The van der Waals surface area contributed by atoms with Crippen LogP contribution < -0.4 is 21.2 Å². The number of nitrogens with zero attached hydrogens (tertiary/aromatic N) is 3. The van der Waals surface area contributed by atoms with Crippen molar-refractivity contribution in [1.29, 1.82) is 0 Å². The third kappa shape index (κ3) is 9.25. The zero-order valence-electron chi connectivity index (χ0n) is 29.2. The number of fused-ring (bicyclic) bond motifs is 1. The molecule has 1 aromatic heterocycles. The van der Waals surface area contributed by atoms with E-state index in [0.29, 0.717) is 54.7 Å². The summed E-state index contributed by atoms with van der Waals surface area (Å²) in [5, 5.41) is 10.9. The maximum absolute atomic E-state index is 14.1. The predicted octanol–water partition coefficient (Wildman–Crippen LogP) is 6.39. The van der Waals surface area contributed by atoms with Crippen LogP contribution in [0.2, 0.25) is 10.0 Å². The Labute approximate surface area is 331 Å². The Morgan fingerprint density at radius 2 is 1.85 bits per heavy atom. The highest BCUT2D eigenvalue weighted by molar-refractivity contribution is 7.89. The number of piperidine rings is 1. The van der Waals surface area contributed by atoms with Gasteiger partial charge in [0.05, 0.1) is 17.3 Å². The summed E-state index contributed by atoms with van der Waals surface area (Å²) in [5.74, 6) is 5.37.